The second kappa shape index (κ2) is 41.8. The number of pyridine rings is 2. The molecule has 0 bridgehead atoms. The van der Waals surface area contributed by atoms with Crippen LogP contribution in [-0.2, 0) is 82.7 Å². The van der Waals surface area contributed by atoms with Crippen molar-refractivity contribution in [2.24, 2.45) is 0 Å². The van der Waals surface area contributed by atoms with Gasteiger partial charge >= 0.3 is 33.8 Å². The molecule has 29 nitrogen and oxygen atoms in total. The molecule has 0 unspecified atom stereocenters. The molecule has 0 aliphatic carbocycles. The number of nitrogens with zero attached hydrogens (tertiary/aromatic N) is 5. The third-order valence-corrected chi connectivity index (χ3v) is 20.7. The molecular weight excluding hydrogens is 1520 g/mol. The van der Waals surface area contributed by atoms with E-state index in [2.05, 4.69) is 74.9 Å². The second-order valence-corrected chi connectivity index (χ2v) is 35.3. The Bertz CT molecular complexity index is 4850. The Labute approximate surface area is 652 Å². The average molecular weight is 1630 g/mol. The molecule has 3 N–H and O–H groups in total. The number of esters is 1. The number of carboxylic acid groups (broad SMARTS) is 1. The molecule has 0 atom stereocenters. The van der Waals surface area contributed by atoms with Gasteiger partial charge in [-0.2, -0.15) is 8.42 Å². The summed E-state index contributed by atoms with van der Waals surface area (Å²) in [5.41, 5.74) is 6.85. The molecular formula is C78H108N6O23S4. The molecule has 0 saturated carbocycles. The predicted octanol–water partition coefficient (Wildman–Crippen LogP) is 10.1. The number of rotatable bonds is 37. The number of nitrogens with one attached hydrogen (secondary N) is 1. The van der Waals surface area contributed by atoms with Gasteiger partial charge in [-0.15, -0.1) is 12.6 Å². The van der Waals surface area contributed by atoms with Gasteiger partial charge in [0.05, 0.1) is 48.2 Å². The third kappa shape index (κ3) is 32.2. The fraction of sp³-hybridized carbons (Fsp3) is 0.538. The van der Waals surface area contributed by atoms with Crippen LogP contribution in [0.2, 0.25) is 0 Å². The molecule has 0 fully saturated rings. The van der Waals surface area contributed by atoms with Gasteiger partial charge in [0, 0.05) is 151 Å². The number of fused-ring (bicyclic) bond motifs is 4. The molecule has 2 aliphatic rings. The van der Waals surface area contributed by atoms with Crippen molar-refractivity contribution in [3.63, 3.8) is 0 Å². The Morgan fingerprint density at radius 2 is 1.05 bits per heavy atom. The van der Waals surface area contributed by atoms with E-state index in [9.17, 15) is 63.1 Å². The number of aromatic nitrogens is 2. The number of aryl methyl sites for hydroxylation is 2. The van der Waals surface area contributed by atoms with Gasteiger partial charge in [0.2, 0.25) is 5.91 Å². The van der Waals surface area contributed by atoms with E-state index in [1.54, 1.807) is 12.1 Å². The van der Waals surface area contributed by atoms with Crippen molar-refractivity contribution >= 4 is 110 Å². The van der Waals surface area contributed by atoms with Crippen LogP contribution in [0, 0.1) is 0 Å². The van der Waals surface area contributed by atoms with Crippen LogP contribution >= 0.6 is 0 Å². The summed E-state index contributed by atoms with van der Waals surface area (Å²) in [6, 6.07) is 18.8. The SMILES string of the molecule is CC(C)(C)OC(=O)CCCNCCCS(=O)(=O)O.CC1=CC(C)(C)N(CCCC(=O)O)c2cc3oc(=O)c(-c4cc[n+](CCCCS(=O)(=O)[O-])cc4)cc3cc21.CCCN(CCCCC(C)(C)OC=O)C(=O)CCCN1c2cc3oc(=O)c(-c4cc[n+](CCCCS(=O)(=O)[O-])cc4)cc3cc2C(C)=CC1(C)C.O=S(=O)=O. The molecule has 612 valence electrons. The van der Waals surface area contributed by atoms with Crippen LogP contribution in [0.3, 0.4) is 0 Å². The summed E-state index contributed by atoms with van der Waals surface area (Å²) in [5, 5.41) is 13.7. The Morgan fingerprint density at radius 3 is 1.45 bits per heavy atom. The van der Waals surface area contributed by atoms with Gasteiger partial charge in [-0.05, 0) is 189 Å². The lowest BCUT2D eigenvalue weighted by Crippen LogP contribution is -2.46. The lowest BCUT2D eigenvalue weighted by Gasteiger charge is -2.43. The summed E-state index contributed by atoms with van der Waals surface area (Å²) >= 11 is 0. The van der Waals surface area contributed by atoms with Crippen molar-refractivity contribution < 1.29 is 103 Å². The Hall–Kier alpha value is -8.57. The number of benzene rings is 2. The largest absolute Gasteiger partial charge is 0.748 e. The smallest absolute Gasteiger partial charge is 0.425 e. The van der Waals surface area contributed by atoms with E-state index in [-0.39, 0.29) is 46.6 Å². The monoisotopic (exact) mass is 1620 g/mol. The van der Waals surface area contributed by atoms with Gasteiger partial charge in [-0.1, -0.05) is 19.1 Å². The molecule has 0 saturated heterocycles. The molecule has 8 rings (SSSR count). The first kappa shape index (κ1) is 93.0. The Morgan fingerprint density at radius 1 is 0.613 bits per heavy atom. The van der Waals surface area contributed by atoms with E-state index < -0.39 is 69.4 Å². The van der Waals surface area contributed by atoms with Crippen molar-refractivity contribution in [2.45, 2.75) is 215 Å². The number of hydrogen-bond donors (Lipinski definition) is 3. The van der Waals surface area contributed by atoms with Crippen LogP contribution in [-0.4, -0.2) is 165 Å². The highest BCUT2D eigenvalue weighted by molar-refractivity contribution is 7.86. The van der Waals surface area contributed by atoms with Gasteiger partial charge in [-0.25, -0.2) is 35.6 Å². The first-order valence-corrected chi connectivity index (χ1v) is 42.8. The van der Waals surface area contributed by atoms with E-state index in [1.807, 2.05) is 123 Å². The molecule has 33 heteroatoms. The maximum atomic E-state index is 13.3. The average Bonchev–Trinajstić information content (AvgIpc) is 0.751. The van der Waals surface area contributed by atoms with Crippen molar-refractivity contribution in [3.05, 3.63) is 130 Å². The molecule has 2 aliphatic heterocycles. The van der Waals surface area contributed by atoms with Crippen LogP contribution in [0.5, 0.6) is 0 Å². The van der Waals surface area contributed by atoms with Crippen LogP contribution in [0.4, 0.5) is 11.4 Å². The summed E-state index contributed by atoms with van der Waals surface area (Å²) in [5.74, 6) is -1.92. The normalized spacial score (nSPS) is 13.9. The third-order valence-electron chi connectivity index (χ3n) is 18.3. The standard InChI is InChI=1S/C39H53N3O8S.C28H32N2O7S.C11H23NO5S.O3S/c1-7-17-41(19-9-8-16-39(5,6)49-28-43)36(44)13-12-20-42-34-26-35-31(24-32(34)29(2)27-38(42,3)4)25-33(37(45)50-35)30-14-21-40(22-15-30)18-10-11-23-51(46,47)48;1-19-18-28(2,3)30(11-6-7-26(31)32)24-17-25-21(15-22(19)24)16-23(27(33)37-25)20-8-12-29(13-9-20)10-4-5-14-38(34,35)36;1-11(2,3)17-10(13)6-4-7-12-8-5-9-18(14,15)16;1-4(2)3/h14-15,21-22,24-28H,7-13,16-20,23H2,1-6H3;8-9,12-13,15-18H,4-7,10-11,14H2,1-3H3,(H-,31,32,34,35,36);12H,4-9H2,1-3H3,(H,14,15,16);. The number of hydrogen-bond acceptors (Lipinski definition) is 24. The molecule has 111 heavy (non-hydrogen) atoms. The number of amides is 1. The predicted molar refractivity (Wildman–Crippen MR) is 421 cm³/mol. The second-order valence-electron chi connectivity index (χ2n) is 30.3. The Kier molecular flexibility index (Phi) is 35.0. The van der Waals surface area contributed by atoms with Crippen molar-refractivity contribution in [1.82, 2.24) is 10.2 Å². The number of aliphatic carboxylic acids is 1. The van der Waals surface area contributed by atoms with E-state index >= 15 is 0 Å². The molecule has 0 spiro atoms. The van der Waals surface area contributed by atoms with Gasteiger partial charge in [0.1, 0.15) is 35.5 Å². The number of unbranched alkanes of at least 4 members (excludes halogenated alkanes) is 3. The summed E-state index contributed by atoms with van der Waals surface area (Å²) < 4.78 is 145. The van der Waals surface area contributed by atoms with Crippen LogP contribution in [0.15, 0.2) is 116 Å². The zero-order chi connectivity index (χ0) is 82.9. The minimum atomic E-state index is -4.22. The molecule has 6 heterocycles. The van der Waals surface area contributed by atoms with E-state index in [0.29, 0.717) is 156 Å². The maximum absolute atomic E-state index is 13.3. The minimum absolute atomic E-state index is 0.0791. The number of allylic oxidation sites excluding steroid dienone is 2. The molecule has 2 aromatic carbocycles. The van der Waals surface area contributed by atoms with Crippen molar-refractivity contribution in [1.29, 1.82) is 0 Å². The lowest BCUT2D eigenvalue weighted by molar-refractivity contribution is -0.697. The molecule has 0 radical (unpaired) electrons. The van der Waals surface area contributed by atoms with E-state index in [4.69, 9.17) is 40.6 Å². The van der Waals surface area contributed by atoms with Crippen molar-refractivity contribution in [2.75, 3.05) is 66.3 Å². The topological polar surface area (TPSA) is 417 Å². The summed E-state index contributed by atoms with van der Waals surface area (Å²) in [6.07, 6.45) is 19.7. The minimum Gasteiger partial charge on any atom is -0.748 e. The van der Waals surface area contributed by atoms with E-state index in [1.165, 1.54) is 0 Å². The van der Waals surface area contributed by atoms with Crippen LogP contribution < -0.4 is 35.5 Å². The van der Waals surface area contributed by atoms with Crippen LogP contribution in [0.25, 0.3) is 55.3 Å². The number of carbonyl (C=O) groups excluding carboxylic acids is 3. The Balaban J connectivity index is 0.000000321. The number of ether oxygens (including phenoxy) is 2. The molecule has 6 aromatic rings. The first-order chi connectivity index (χ1) is 51.7. The van der Waals surface area contributed by atoms with Gasteiger partial charge in [-0.3, -0.25) is 23.7 Å². The highest BCUT2D eigenvalue weighted by Crippen LogP contribution is 2.43. The fourth-order valence-electron chi connectivity index (χ4n) is 13.2. The zero-order valence-corrected chi connectivity index (χ0v) is 68.8. The van der Waals surface area contributed by atoms with Crippen LogP contribution in [0.1, 0.15) is 191 Å². The first-order valence-electron chi connectivity index (χ1n) is 37.0. The van der Waals surface area contributed by atoms with E-state index in [0.717, 1.165) is 70.1 Å². The maximum Gasteiger partial charge on any atom is 0.425 e. The van der Waals surface area contributed by atoms with Gasteiger partial charge in [0.15, 0.2) is 24.8 Å². The lowest BCUT2D eigenvalue weighted by atomic mass is 9.87. The molecule has 1 amide bonds. The summed E-state index contributed by atoms with van der Waals surface area (Å²) in [7, 11) is -15.4. The summed E-state index contributed by atoms with van der Waals surface area (Å²) in [4.78, 5) is 79.1. The highest BCUT2D eigenvalue weighted by Gasteiger charge is 2.34. The van der Waals surface area contributed by atoms with Gasteiger partial charge in [0.25, 0.3) is 16.6 Å². The quantitative estimate of drug-likeness (QED) is 0.00814. The van der Waals surface area contributed by atoms with Gasteiger partial charge < -0.3 is 52.5 Å². The van der Waals surface area contributed by atoms with Crippen molar-refractivity contribution in [3.8, 4) is 22.3 Å². The number of carboxylic acids is 1. The zero-order valence-electron chi connectivity index (χ0n) is 65.5. The number of anilines is 2. The summed E-state index contributed by atoms with van der Waals surface area (Å²) in [6.45, 7) is 29.2. The fourth-order valence-corrected chi connectivity index (χ4v) is 14.8. The highest BCUT2D eigenvalue weighted by atomic mass is 32.2. The number of carbonyl (C=O) groups is 4. The molecule has 4 aromatic heterocycles.